The Balaban J connectivity index is 2.30. The van der Waals surface area contributed by atoms with E-state index in [0.29, 0.717) is 6.61 Å². The summed E-state index contributed by atoms with van der Waals surface area (Å²) in [5.41, 5.74) is 1.21. The predicted octanol–water partition coefficient (Wildman–Crippen LogP) is 3.50. The van der Waals surface area contributed by atoms with Crippen molar-refractivity contribution in [2.75, 3.05) is 13.7 Å². The number of benzene rings is 2. The van der Waals surface area contributed by atoms with Crippen LogP contribution in [0.3, 0.4) is 0 Å². The maximum absolute atomic E-state index is 4.96. The molecule has 0 heterocycles. The van der Waals surface area contributed by atoms with E-state index in [9.17, 15) is 0 Å². The van der Waals surface area contributed by atoms with Gasteiger partial charge in [0.1, 0.15) is 0 Å². The topological polar surface area (TPSA) is 9.23 Å². The molecule has 0 atom stereocenters. The Bertz CT molecular complexity index is 471. The highest BCUT2D eigenvalue weighted by Crippen LogP contribution is 2.16. The van der Waals surface area contributed by atoms with Gasteiger partial charge in [0.25, 0.3) is 0 Å². The van der Waals surface area contributed by atoms with Crippen LogP contribution in [-0.4, -0.2) is 13.7 Å². The average Bonchev–Trinajstić information content (AvgIpc) is 2.29. The van der Waals surface area contributed by atoms with Gasteiger partial charge in [-0.15, -0.1) is 0 Å². The van der Waals surface area contributed by atoms with E-state index in [1.165, 1.54) is 16.3 Å². The van der Waals surface area contributed by atoms with Crippen LogP contribution in [0.4, 0.5) is 0 Å². The van der Waals surface area contributed by atoms with Gasteiger partial charge in [0.05, 0.1) is 6.61 Å². The number of rotatable bonds is 3. The fraction of sp³-hybridized carbons (Fsp3) is 0.143. The van der Waals surface area contributed by atoms with Gasteiger partial charge in [0.15, 0.2) is 0 Å². The van der Waals surface area contributed by atoms with Crippen LogP contribution < -0.4 is 0 Å². The summed E-state index contributed by atoms with van der Waals surface area (Å²) in [6.45, 7) is 0.660. The summed E-state index contributed by atoms with van der Waals surface area (Å²) in [5.74, 6) is 0. The fourth-order valence-corrected chi connectivity index (χ4v) is 1.59. The highest BCUT2D eigenvalue weighted by atomic mass is 16.5. The van der Waals surface area contributed by atoms with Crippen molar-refractivity contribution in [3.63, 3.8) is 0 Å². The van der Waals surface area contributed by atoms with Crippen molar-refractivity contribution >= 4 is 16.8 Å². The van der Waals surface area contributed by atoms with Crippen LogP contribution in [-0.2, 0) is 4.74 Å². The Morgan fingerprint density at radius 3 is 2.67 bits per heavy atom. The molecule has 1 nitrogen and oxygen atoms in total. The van der Waals surface area contributed by atoms with Crippen molar-refractivity contribution in [3.8, 4) is 0 Å². The van der Waals surface area contributed by atoms with Gasteiger partial charge in [0, 0.05) is 7.11 Å². The molecular weight excluding hydrogens is 184 g/mol. The maximum atomic E-state index is 4.96. The lowest BCUT2D eigenvalue weighted by molar-refractivity contribution is 0.234. The van der Waals surface area contributed by atoms with E-state index < -0.39 is 0 Å². The standard InChI is InChI=1S/C14H14O/c1-15-10-4-5-12-8-9-13-6-2-3-7-14(13)11-12/h2-9,11H,10H2,1H3. The van der Waals surface area contributed by atoms with E-state index in [1.807, 2.05) is 6.08 Å². The van der Waals surface area contributed by atoms with Crippen molar-refractivity contribution in [2.45, 2.75) is 0 Å². The Kier molecular flexibility index (Phi) is 3.15. The van der Waals surface area contributed by atoms with E-state index >= 15 is 0 Å². The minimum atomic E-state index is 0.660. The minimum Gasteiger partial charge on any atom is -0.381 e. The molecule has 0 fully saturated rings. The maximum Gasteiger partial charge on any atom is 0.0646 e. The molecule has 15 heavy (non-hydrogen) atoms. The van der Waals surface area contributed by atoms with Crippen LogP contribution in [0.25, 0.3) is 16.8 Å². The van der Waals surface area contributed by atoms with Crippen LogP contribution in [0, 0.1) is 0 Å². The molecule has 2 rings (SSSR count). The van der Waals surface area contributed by atoms with Gasteiger partial charge < -0.3 is 4.74 Å². The molecule has 0 aliphatic carbocycles. The lowest BCUT2D eigenvalue weighted by Gasteiger charge is -1.98. The quantitative estimate of drug-likeness (QED) is 0.733. The molecule has 0 bridgehead atoms. The lowest BCUT2D eigenvalue weighted by atomic mass is 10.1. The molecule has 0 radical (unpaired) electrons. The second-order valence-electron chi connectivity index (χ2n) is 3.46. The molecule has 0 amide bonds. The third-order valence-electron chi connectivity index (χ3n) is 2.35. The summed E-state index contributed by atoms with van der Waals surface area (Å²) in [6.07, 6.45) is 4.10. The van der Waals surface area contributed by atoms with Crippen LogP contribution in [0.1, 0.15) is 5.56 Å². The monoisotopic (exact) mass is 198 g/mol. The molecule has 0 saturated heterocycles. The van der Waals surface area contributed by atoms with E-state index in [2.05, 4.69) is 48.5 Å². The zero-order chi connectivity index (χ0) is 10.5. The Labute approximate surface area is 90.0 Å². The number of hydrogen-bond donors (Lipinski definition) is 0. The Morgan fingerprint density at radius 2 is 1.87 bits per heavy atom. The summed E-state index contributed by atoms with van der Waals surface area (Å²) in [7, 11) is 1.70. The van der Waals surface area contributed by atoms with Gasteiger partial charge in [-0.05, 0) is 22.4 Å². The first-order valence-electron chi connectivity index (χ1n) is 5.04. The molecule has 0 aliphatic heterocycles. The smallest absolute Gasteiger partial charge is 0.0646 e. The van der Waals surface area contributed by atoms with Gasteiger partial charge in [-0.3, -0.25) is 0 Å². The van der Waals surface area contributed by atoms with Crippen LogP contribution >= 0.6 is 0 Å². The molecule has 0 N–H and O–H groups in total. The summed E-state index contributed by atoms with van der Waals surface area (Å²) >= 11 is 0. The first-order valence-corrected chi connectivity index (χ1v) is 5.04. The van der Waals surface area contributed by atoms with Gasteiger partial charge in [-0.2, -0.15) is 0 Å². The first-order chi connectivity index (χ1) is 7.40. The van der Waals surface area contributed by atoms with Crippen LogP contribution in [0.5, 0.6) is 0 Å². The third-order valence-corrected chi connectivity index (χ3v) is 2.35. The minimum absolute atomic E-state index is 0.660. The Hall–Kier alpha value is -1.60. The van der Waals surface area contributed by atoms with Crippen molar-refractivity contribution in [3.05, 3.63) is 54.1 Å². The molecule has 0 saturated carbocycles. The molecular formula is C14H14O. The number of fused-ring (bicyclic) bond motifs is 1. The van der Waals surface area contributed by atoms with E-state index in [4.69, 9.17) is 4.74 Å². The zero-order valence-corrected chi connectivity index (χ0v) is 8.81. The van der Waals surface area contributed by atoms with Crippen LogP contribution in [0.15, 0.2) is 48.5 Å². The summed E-state index contributed by atoms with van der Waals surface area (Å²) in [5, 5.41) is 2.55. The van der Waals surface area contributed by atoms with Crippen molar-refractivity contribution in [2.24, 2.45) is 0 Å². The predicted molar refractivity (Wildman–Crippen MR) is 64.9 cm³/mol. The number of hydrogen-bond acceptors (Lipinski definition) is 1. The van der Waals surface area contributed by atoms with Gasteiger partial charge in [0.2, 0.25) is 0 Å². The second-order valence-corrected chi connectivity index (χ2v) is 3.46. The third kappa shape index (κ3) is 2.45. The van der Waals surface area contributed by atoms with E-state index in [0.717, 1.165) is 0 Å². The first kappa shape index (κ1) is 9.94. The molecule has 76 valence electrons. The van der Waals surface area contributed by atoms with Gasteiger partial charge in [-0.25, -0.2) is 0 Å². The van der Waals surface area contributed by atoms with Gasteiger partial charge in [-0.1, -0.05) is 48.6 Å². The number of ether oxygens (including phenoxy) is 1. The van der Waals surface area contributed by atoms with Crippen molar-refractivity contribution in [1.29, 1.82) is 0 Å². The van der Waals surface area contributed by atoms with Crippen LogP contribution in [0.2, 0.25) is 0 Å². The normalized spacial score (nSPS) is 11.3. The zero-order valence-electron chi connectivity index (χ0n) is 8.81. The molecule has 0 spiro atoms. The summed E-state index contributed by atoms with van der Waals surface area (Å²) in [4.78, 5) is 0. The van der Waals surface area contributed by atoms with E-state index in [-0.39, 0.29) is 0 Å². The molecule has 0 aromatic heterocycles. The molecule has 0 aliphatic rings. The molecule has 2 aromatic rings. The largest absolute Gasteiger partial charge is 0.381 e. The summed E-state index contributed by atoms with van der Waals surface area (Å²) in [6, 6.07) is 14.8. The summed E-state index contributed by atoms with van der Waals surface area (Å²) < 4.78 is 4.96. The molecule has 2 aromatic carbocycles. The molecule has 1 heteroatoms. The van der Waals surface area contributed by atoms with Gasteiger partial charge >= 0.3 is 0 Å². The Morgan fingerprint density at radius 1 is 1.07 bits per heavy atom. The fourth-order valence-electron chi connectivity index (χ4n) is 1.59. The second kappa shape index (κ2) is 4.76. The highest BCUT2D eigenvalue weighted by molar-refractivity contribution is 5.84. The molecule has 0 unspecified atom stereocenters. The highest BCUT2D eigenvalue weighted by Gasteiger charge is 1.92. The SMILES string of the molecule is COCC=Cc1ccc2ccccc2c1. The number of methoxy groups -OCH3 is 1. The average molecular weight is 198 g/mol. The lowest BCUT2D eigenvalue weighted by Crippen LogP contribution is -1.80. The van der Waals surface area contributed by atoms with Crippen molar-refractivity contribution < 1.29 is 4.74 Å². The van der Waals surface area contributed by atoms with E-state index in [1.54, 1.807) is 7.11 Å². The van der Waals surface area contributed by atoms with Crippen molar-refractivity contribution in [1.82, 2.24) is 0 Å².